The van der Waals surface area contributed by atoms with E-state index in [1.807, 2.05) is 12.3 Å². The summed E-state index contributed by atoms with van der Waals surface area (Å²) in [6.45, 7) is 0.458. The first-order chi connectivity index (χ1) is 6.85. The van der Waals surface area contributed by atoms with Gasteiger partial charge in [0.2, 0.25) is 0 Å². The second-order valence-corrected chi connectivity index (χ2v) is 2.98. The van der Waals surface area contributed by atoms with E-state index >= 15 is 0 Å². The first-order valence-corrected chi connectivity index (χ1v) is 4.26. The highest BCUT2D eigenvalue weighted by Gasteiger charge is 2.04. The number of pyridine rings is 1. The Morgan fingerprint density at radius 3 is 3.21 bits per heavy atom. The number of nitrogens with zero attached hydrogens (tertiary/aromatic N) is 2. The molecule has 0 aliphatic rings. The lowest BCUT2D eigenvalue weighted by Crippen LogP contribution is -1.91. The van der Waals surface area contributed by atoms with Crippen LogP contribution in [0.4, 0.5) is 0 Å². The van der Waals surface area contributed by atoms with E-state index in [0.717, 1.165) is 17.5 Å². The van der Waals surface area contributed by atoms with E-state index in [0.29, 0.717) is 12.2 Å². The fourth-order valence-corrected chi connectivity index (χ4v) is 1.41. The maximum absolute atomic E-state index is 10.7. The van der Waals surface area contributed by atoms with E-state index in [-0.39, 0.29) is 0 Å². The van der Waals surface area contributed by atoms with Crippen LogP contribution in [-0.2, 0) is 11.3 Å². The Balaban J connectivity index is 2.58. The number of aldehydes is 1. The van der Waals surface area contributed by atoms with Crippen LogP contribution >= 0.6 is 0 Å². The topological polar surface area (TPSA) is 43.6 Å². The lowest BCUT2D eigenvalue weighted by atomic mass is 10.2. The van der Waals surface area contributed by atoms with Gasteiger partial charge in [-0.25, -0.2) is 4.52 Å². The van der Waals surface area contributed by atoms with Crippen LogP contribution in [0.25, 0.3) is 5.52 Å². The smallest absolute Gasteiger partial charge is 0.152 e. The number of fused-ring (bicyclic) bond motifs is 1. The molecule has 0 aliphatic heterocycles. The maximum Gasteiger partial charge on any atom is 0.152 e. The van der Waals surface area contributed by atoms with Gasteiger partial charge in [0.1, 0.15) is 0 Å². The molecule has 0 N–H and O–H groups in total. The predicted octanol–water partition coefficient (Wildman–Crippen LogP) is 1.29. The number of hydrogen-bond donors (Lipinski definition) is 0. The Morgan fingerprint density at radius 1 is 1.64 bits per heavy atom. The molecule has 0 saturated heterocycles. The van der Waals surface area contributed by atoms with Crippen molar-refractivity contribution in [2.24, 2.45) is 0 Å². The summed E-state index contributed by atoms with van der Waals surface area (Å²) in [5.41, 5.74) is 2.28. The molecule has 0 spiro atoms. The summed E-state index contributed by atoms with van der Waals surface area (Å²) in [4.78, 5) is 10.7. The number of carbonyl (C=O) groups excluding carboxylic acids is 1. The van der Waals surface area contributed by atoms with Crippen molar-refractivity contribution in [1.82, 2.24) is 9.61 Å². The number of aromatic nitrogens is 2. The number of rotatable bonds is 3. The van der Waals surface area contributed by atoms with Crippen molar-refractivity contribution in [1.29, 1.82) is 0 Å². The summed E-state index contributed by atoms with van der Waals surface area (Å²) >= 11 is 0. The van der Waals surface area contributed by atoms with E-state index in [1.165, 1.54) is 0 Å². The summed E-state index contributed by atoms with van der Waals surface area (Å²) < 4.78 is 6.65. The number of hydrogen-bond acceptors (Lipinski definition) is 3. The largest absolute Gasteiger partial charge is 0.378 e. The average molecular weight is 190 g/mol. The first-order valence-electron chi connectivity index (χ1n) is 4.26. The van der Waals surface area contributed by atoms with Gasteiger partial charge in [0, 0.05) is 18.9 Å². The van der Waals surface area contributed by atoms with E-state index in [4.69, 9.17) is 4.74 Å². The molecule has 2 aromatic heterocycles. The second kappa shape index (κ2) is 3.59. The van der Waals surface area contributed by atoms with E-state index in [2.05, 4.69) is 5.10 Å². The van der Waals surface area contributed by atoms with Gasteiger partial charge < -0.3 is 4.74 Å². The molecule has 2 aromatic rings. The molecule has 0 fully saturated rings. The van der Waals surface area contributed by atoms with Crippen LogP contribution in [0.5, 0.6) is 0 Å². The van der Waals surface area contributed by atoms with Crippen LogP contribution in [-0.4, -0.2) is 23.0 Å². The minimum Gasteiger partial charge on any atom is -0.378 e. The molecule has 0 bridgehead atoms. The SMILES string of the molecule is COCc1cc2c(C=O)cccn2n1. The van der Waals surface area contributed by atoms with Crippen LogP contribution in [0.3, 0.4) is 0 Å². The van der Waals surface area contributed by atoms with Crippen molar-refractivity contribution in [2.45, 2.75) is 6.61 Å². The molecule has 4 nitrogen and oxygen atoms in total. The summed E-state index contributed by atoms with van der Waals surface area (Å²) in [6.07, 6.45) is 2.63. The van der Waals surface area contributed by atoms with Gasteiger partial charge in [0.25, 0.3) is 0 Å². The van der Waals surface area contributed by atoms with Crippen LogP contribution in [0.1, 0.15) is 16.1 Å². The fraction of sp³-hybridized carbons (Fsp3) is 0.200. The summed E-state index contributed by atoms with van der Waals surface area (Å²) in [5.74, 6) is 0. The molecule has 72 valence electrons. The third-order valence-corrected chi connectivity index (χ3v) is 2.00. The second-order valence-electron chi connectivity index (χ2n) is 2.98. The minimum absolute atomic E-state index is 0.458. The highest BCUT2D eigenvalue weighted by Crippen LogP contribution is 2.11. The summed E-state index contributed by atoms with van der Waals surface area (Å²) in [5, 5.41) is 4.24. The van der Waals surface area contributed by atoms with Gasteiger partial charge in [0.15, 0.2) is 6.29 Å². The number of carbonyl (C=O) groups is 1. The fourth-order valence-electron chi connectivity index (χ4n) is 1.41. The van der Waals surface area contributed by atoms with Crippen molar-refractivity contribution in [3.63, 3.8) is 0 Å². The zero-order valence-electron chi connectivity index (χ0n) is 7.80. The van der Waals surface area contributed by atoms with Gasteiger partial charge in [-0.05, 0) is 18.2 Å². The number of methoxy groups -OCH3 is 1. The van der Waals surface area contributed by atoms with Gasteiger partial charge in [-0.3, -0.25) is 4.79 Å². The molecule has 0 aliphatic carbocycles. The van der Waals surface area contributed by atoms with Crippen LogP contribution < -0.4 is 0 Å². The Hall–Kier alpha value is -1.68. The standard InChI is InChI=1S/C10H10N2O2/c1-14-7-9-5-10-8(6-13)3-2-4-12(10)11-9/h2-6H,7H2,1H3. The van der Waals surface area contributed by atoms with Gasteiger partial charge >= 0.3 is 0 Å². The summed E-state index contributed by atoms with van der Waals surface area (Å²) in [6, 6.07) is 5.41. The monoisotopic (exact) mass is 190 g/mol. The molecule has 0 unspecified atom stereocenters. The molecular formula is C10H10N2O2. The van der Waals surface area contributed by atoms with Crippen LogP contribution in [0.15, 0.2) is 24.4 Å². The molecule has 0 atom stereocenters. The molecule has 4 heteroatoms. The predicted molar refractivity (Wildman–Crippen MR) is 51.3 cm³/mol. The normalized spacial score (nSPS) is 10.6. The Bertz CT molecular complexity index is 462. The Kier molecular flexibility index (Phi) is 2.28. The Labute approximate surface area is 81.1 Å². The lowest BCUT2D eigenvalue weighted by Gasteiger charge is -1.93. The van der Waals surface area contributed by atoms with Crippen molar-refractivity contribution in [2.75, 3.05) is 7.11 Å². The molecule has 0 amide bonds. The van der Waals surface area contributed by atoms with Crippen molar-refractivity contribution >= 4 is 11.8 Å². The number of ether oxygens (including phenoxy) is 1. The zero-order valence-corrected chi connectivity index (χ0v) is 7.80. The molecule has 2 heterocycles. The summed E-state index contributed by atoms with van der Waals surface area (Å²) in [7, 11) is 1.62. The highest BCUT2D eigenvalue weighted by atomic mass is 16.5. The minimum atomic E-state index is 0.458. The van der Waals surface area contributed by atoms with E-state index < -0.39 is 0 Å². The van der Waals surface area contributed by atoms with E-state index in [9.17, 15) is 4.79 Å². The maximum atomic E-state index is 10.7. The third kappa shape index (κ3) is 1.40. The molecule has 0 radical (unpaired) electrons. The third-order valence-electron chi connectivity index (χ3n) is 2.00. The van der Waals surface area contributed by atoms with Crippen LogP contribution in [0, 0.1) is 0 Å². The van der Waals surface area contributed by atoms with Crippen LogP contribution in [0.2, 0.25) is 0 Å². The Morgan fingerprint density at radius 2 is 2.50 bits per heavy atom. The van der Waals surface area contributed by atoms with Gasteiger partial charge in [-0.15, -0.1) is 0 Å². The molecule has 2 rings (SSSR count). The van der Waals surface area contributed by atoms with Crippen molar-refractivity contribution < 1.29 is 9.53 Å². The highest BCUT2D eigenvalue weighted by molar-refractivity contribution is 5.85. The zero-order chi connectivity index (χ0) is 9.97. The molecular weight excluding hydrogens is 180 g/mol. The van der Waals surface area contributed by atoms with Gasteiger partial charge in [-0.1, -0.05) is 0 Å². The van der Waals surface area contributed by atoms with Gasteiger partial charge in [-0.2, -0.15) is 5.10 Å². The van der Waals surface area contributed by atoms with Crippen molar-refractivity contribution in [3.8, 4) is 0 Å². The first kappa shape index (κ1) is 8.90. The van der Waals surface area contributed by atoms with E-state index in [1.54, 1.807) is 23.8 Å². The average Bonchev–Trinajstić information content (AvgIpc) is 2.60. The molecule has 0 saturated carbocycles. The molecule has 0 aromatic carbocycles. The quantitative estimate of drug-likeness (QED) is 0.685. The van der Waals surface area contributed by atoms with Gasteiger partial charge in [0.05, 0.1) is 17.8 Å². The lowest BCUT2D eigenvalue weighted by molar-refractivity contribution is 0.112. The van der Waals surface area contributed by atoms with Crippen molar-refractivity contribution in [3.05, 3.63) is 35.7 Å². The molecule has 14 heavy (non-hydrogen) atoms.